The first-order valence-electron chi connectivity index (χ1n) is 10.6. The average Bonchev–Trinajstić information content (AvgIpc) is 3.38. The van der Waals surface area contributed by atoms with E-state index in [1.54, 1.807) is 6.20 Å². The molecule has 2 saturated heterocycles. The Bertz CT molecular complexity index is 1140. The van der Waals surface area contributed by atoms with Gasteiger partial charge in [-0.15, -0.1) is 0 Å². The summed E-state index contributed by atoms with van der Waals surface area (Å²) < 4.78 is 65.7. The van der Waals surface area contributed by atoms with Crippen LogP contribution in [0.5, 0.6) is 0 Å². The Morgan fingerprint density at radius 1 is 0.909 bits per heavy atom. The van der Waals surface area contributed by atoms with Crippen LogP contribution in [0, 0.1) is 5.41 Å². The summed E-state index contributed by atoms with van der Waals surface area (Å²) in [7, 11) is 0. The summed E-state index contributed by atoms with van der Waals surface area (Å²) >= 11 is 0. The molecule has 1 spiro atoms. The zero-order valence-electron chi connectivity index (χ0n) is 17.5. The first-order chi connectivity index (χ1) is 15.7. The van der Waals surface area contributed by atoms with Gasteiger partial charge in [-0.1, -0.05) is 0 Å². The highest BCUT2D eigenvalue weighted by Crippen LogP contribution is 2.42. The monoisotopic (exact) mass is 468 g/mol. The molecule has 0 atom stereocenters. The molecule has 0 aromatic carbocycles. The number of anilines is 2. The van der Waals surface area contributed by atoms with Crippen molar-refractivity contribution in [2.45, 2.75) is 38.4 Å². The summed E-state index contributed by atoms with van der Waals surface area (Å²) in [5.74, 6) is 0.847. The third-order valence-electron chi connectivity index (χ3n) is 6.47. The van der Waals surface area contributed by atoms with Gasteiger partial charge >= 0.3 is 6.18 Å². The Balaban J connectivity index is 1.27. The summed E-state index contributed by atoms with van der Waals surface area (Å²) in [4.78, 5) is 20.2. The number of piperidine rings is 1. The van der Waals surface area contributed by atoms with Crippen molar-refractivity contribution >= 4 is 22.8 Å². The molecule has 0 saturated carbocycles. The molecule has 8 nitrogen and oxygen atoms in total. The average molecular weight is 468 g/mol. The van der Waals surface area contributed by atoms with Crippen molar-refractivity contribution in [2.24, 2.45) is 5.41 Å². The number of aromatic nitrogens is 6. The molecule has 3 aromatic heterocycles. The molecule has 0 radical (unpaired) electrons. The molecule has 0 aliphatic carbocycles. The van der Waals surface area contributed by atoms with Crippen LogP contribution in [0.15, 0.2) is 24.8 Å². The van der Waals surface area contributed by atoms with Gasteiger partial charge in [0.25, 0.3) is 6.43 Å². The quantitative estimate of drug-likeness (QED) is 0.544. The van der Waals surface area contributed by atoms with Crippen LogP contribution in [0.1, 0.15) is 25.0 Å². The lowest BCUT2D eigenvalue weighted by Crippen LogP contribution is -2.42. The normalized spacial score (nSPS) is 18.7. The number of alkyl halides is 5. The van der Waals surface area contributed by atoms with Gasteiger partial charge in [-0.05, 0) is 24.7 Å². The summed E-state index contributed by atoms with van der Waals surface area (Å²) in [6.45, 7) is 2.06. The Morgan fingerprint density at radius 2 is 1.61 bits per heavy atom. The number of rotatable bonds is 4. The SMILES string of the molecule is FC(F)Cn1ncc2ncc(N3CCC4(CCN(c5cncc(C(F)(F)F)n5)C4)CC3)nc21. The van der Waals surface area contributed by atoms with Crippen LogP contribution in [0.2, 0.25) is 0 Å². The molecule has 33 heavy (non-hydrogen) atoms. The molecular formula is C20H21F5N8. The molecule has 5 rings (SSSR count). The van der Waals surface area contributed by atoms with E-state index in [9.17, 15) is 22.0 Å². The minimum Gasteiger partial charge on any atom is -0.355 e. The van der Waals surface area contributed by atoms with E-state index in [2.05, 4.69) is 29.9 Å². The van der Waals surface area contributed by atoms with Crippen molar-refractivity contribution in [3.05, 3.63) is 30.5 Å². The summed E-state index contributed by atoms with van der Waals surface area (Å²) in [6.07, 6.45) is 0.578. The van der Waals surface area contributed by atoms with E-state index in [0.29, 0.717) is 43.2 Å². The smallest absolute Gasteiger partial charge is 0.355 e. The second-order valence-corrected chi connectivity index (χ2v) is 8.57. The van der Waals surface area contributed by atoms with Crippen LogP contribution in [0.25, 0.3) is 11.2 Å². The largest absolute Gasteiger partial charge is 0.434 e. The van der Waals surface area contributed by atoms with Crippen molar-refractivity contribution in [1.82, 2.24) is 29.7 Å². The third kappa shape index (κ3) is 4.27. The molecule has 0 N–H and O–H groups in total. The van der Waals surface area contributed by atoms with Gasteiger partial charge in [-0.3, -0.25) is 4.98 Å². The lowest BCUT2D eigenvalue weighted by molar-refractivity contribution is -0.141. The molecule has 176 valence electrons. The van der Waals surface area contributed by atoms with Gasteiger partial charge in [0.2, 0.25) is 0 Å². The van der Waals surface area contributed by atoms with Crippen molar-refractivity contribution in [3.8, 4) is 0 Å². The van der Waals surface area contributed by atoms with Crippen LogP contribution < -0.4 is 9.80 Å². The number of fused-ring (bicyclic) bond motifs is 1. The zero-order valence-corrected chi connectivity index (χ0v) is 17.5. The van der Waals surface area contributed by atoms with Crippen LogP contribution in [0.3, 0.4) is 0 Å². The van der Waals surface area contributed by atoms with Crippen molar-refractivity contribution in [3.63, 3.8) is 0 Å². The molecule has 13 heteroatoms. The highest BCUT2D eigenvalue weighted by molar-refractivity contribution is 5.71. The number of nitrogens with zero attached hydrogens (tertiary/aromatic N) is 8. The highest BCUT2D eigenvalue weighted by Gasteiger charge is 2.42. The van der Waals surface area contributed by atoms with Crippen molar-refractivity contribution < 1.29 is 22.0 Å². The number of hydrogen-bond acceptors (Lipinski definition) is 7. The maximum absolute atomic E-state index is 13.0. The van der Waals surface area contributed by atoms with Gasteiger partial charge in [-0.25, -0.2) is 28.4 Å². The van der Waals surface area contributed by atoms with Crippen molar-refractivity contribution in [1.29, 1.82) is 0 Å². The molecule has 3 aromatic rings. The second-order valence-electron chi connectivity index (χ2n) is 8.57. The Hall–Kier alpha value is -3.12. The Labute approximate surface area is 185 Å². The fourth-order valence-corrected chi connectivity index (χ4v) is 4.65. The Kier molecular flexibility index (Phi) is 5.28. The number of hydrogen-bond donors (Lipinski definition) is 0. The lowest BCUT2D eigenvalue weighted by Gasteiger charge is -2.39. The van der Waals surface area contributed by atoms with E-state index in [1.165, 1.54) is 12.4 Å². The Morgan fingerprint density at radius 3 is 2.30 bits per heavy atom. The van der Waals surface area contributed by atoms with E-state index in [0.717, 1.165) is 30.1 Å². The molecule has 0 bridgehead atoms. The lowest BCUT2D eigenvalue weighted by atomic mass is 9.78. The highest BCUT2D eigenvalue weighted by atomic mass is 19.4. The molecule has 2 fully saturated rings. The van der Waals surface area contributed by atoms with Gasteiger partial charge in [0.05, 0.1) is 24.8 Å². The second kappa shape index (κ2) is 8.03. The molecule has 2 aliphatic rings. The molecule has 0 unspecified atom stereocenters. The minimum atomic E-state index is -4.53. The van der Waals surface area contributed by atoms with Crippen LogP contribution in [-0.4, -0.2) is 62.3 Å². The minimum absolute atomic E-state index is 0.0264. The molecular weight excluding hydrogens is 447 g/mol. The molecule has 5 heterocycles. The van der Waals surface area contributed by atoms with E-state index in [1.807, 2.05) is 4.90 Å². The first-order valence-corrected chi connectivity index (χ1v) is 10.6. The van der Waals surface area contributed by atoms with Gasteiger partial charge in [0, 0.05) is 26.2 Å². The standard InChI is InChI=1S/C20H21F5N8/c21-15(22)11-33-18-13(7-28-33)27-10-17(30-18)31-4-1-19(2-5-31)3-6-32(12-19)16-9-26-8-14(29-16)20(23,24)25/h7-10,15H,1-6,11-12H2. The fourth-order valence-electron chi connectivity index (χ4n) is 4.65. The van der Waals surface area contributed by atoms with Gasteiger partial charge < -0.3 is 9.80 Å². The predicted octanol–water partition coefficient (Wildman–Crippen LogP) is 3.40. The van der Waals surface area contributed by atoms with Crippen LogP contribution >= 0.6 is 0 Å². The summed E-state index contributed by atoms with van der Waals surface area (Å²) in [5.41, 5.74) is -0.234. The van der Waals surface area contributed by atoms with E-state index in [-0.39, 0.29) is 11.2 Å². The fraction of sp³-hybridized carbons (Fsp3) is 0.550. The van der Waals surface area contributed by atoms with E-state index < -0.39 is 24.8 Å². The van der Waals surface area contributed by atoms with E-state index >= 15 is 0 Å². The first kappa shape index (κ1) is 21.7. The third-order valence-corrected chi connectivity index (χ3v) is 6.47. The maximum Gasteiger partial charge on any atom is 0.434 e. The summed E-state index contributed by atoms with van der Waals surface area (Å²) in [6, 6.07) is 0. The van der Waals surface area contributed by atoms with Crippen LogP contribution in [0.4, 0.5) is 33.6 Å². The topological polar surface area (TPSA) is 75.9 Å². The maximum atomic E-state index is 13.0. The number of halogens is 5. The van der Waals surface area contributed by atoms with Crippen LogP contribution in [-0.2, 0) is 12.7 Å². The molecule has 0 amide bonds. The molecule has 2 aliphatic heterocycles. The van der Waals surface area contributed by atoms with E-state index in [4.69, 9.17) is 0 Å². The zero-order chi connectivity index (χ0) is 23.2. The van der Waals surface area contributed by atoms with Crippen molar-refractivity contribution in [2.75, 3.05) is 36.0 Å². The van der Waals surface area contributed by atoms with Gasteiger partial charge in [-0.2, -0.15) is 18.3 Å². The predicted molar refractivity (Wildman–Crippen MR) is 109 cm³/mol. The van der Waals surface area contributed by atoms with Gasteiger partial charge in [0.1, 0.15) is 23.7 Å². The van der Waals surface area contributed by atoms with Gasteiger partial charge in [0.15, 0.2) is 11.3 Å². The summed E-state index contributed by atoms with van der Waals surface area (Å²) in [5, 5.41) is 3.94.